The molecule has 9 aliphatic rings. The van der Waals surface area contributed by atoms with Crippen molar-refractivity contribution >= 4 is 40.4 Å². The van der Waals surface area contributed by atoms with Gasteiger partial charge in [-0.3, -0.25) is 19.4 Å². The number of nitrogens with zero attached hydrogens (tertiary/aromatic N) is 10. The Morgan fingerprint density at radius 1 is 0.420 bits per heavy atom. The third kappa shape index (κ3) is 24.9. The van der Waals surface area contributed by atoms with E-state index in [9.17, 15) is 14.0 Å². The molecule has 3 aromatic carbocycles. The molecule has 2 saturated carbocycles. The molecule has 9 heterocycles. The molecule has 2 aliphatic carbocycles. The summed E-state index contributed by atoms with van der Waals surface area (Å²) in [5, 5.41) is 24.0. The van der Waals surface area contributed by atoms with E-state index < -0.39 is 16.9 Å². The van der Waals surface area contributed by atoms with Crippen molar-refractivity contribution in [1.82, 2.24) is 62.0 Å². The van der Waals surface area contributed by atoms with Crippen molar-refractivity contribution in [1.29, 1.82) is 0 Å². The summed E-state index contributed by atoms with van der Waals surface area (Å²) in [7, 11) is 1.41. The minimum atomic E-state index is -0.597. The molecule has 2 amide bonds. The second-order valence-electron chi connectivity index (χ2n) is 32.6. The fourth-order valence-corrected chi connectivity index (χ4v) is 14.5. The number of carbonyl (C=O) groups excluding carboxylic acids is 2. The number of carbonyl (C=O) groups is 2. The van der Waals surface area contributed by atoms with E-state index in [1.165, 1.54) is 103 Å². The molecule has 0 spiro atoms. The van der Waals surface area contributed by atoms with Crippen LogP contribution in [0.5, 0.6) is 5.75 Å². The monoisotopic (exact) mass is 1380 g/mol. The van der Waals surface area contributed by atoms with Crippen LogP contribution in [0.15, 0.2) is 122 Å². The number of amides is 2. The van der Waals surface area contributed by atoms with E-state index in [2.05, 4.69) is 182 Å². The van der Waals surface area contributed by atoms with Gasteiger partial charge < -0.3 is 66.5 Å². The van der Waals surface area contributed by atoms with Crippen molar-refractivity contribution in [2.24, 2.45) is 0 Å². The zero-order chi connectivity index (χ0) is 72.2. The maximum atomic E-state index is 13.3. The first-order chi connectivity index (χ1) is 47.4. The van der Waals surface area contributed by atoms with Crippen LogP contribution in [0.4, 0.5) is 33.0 Å². The van der Waals surface area contributed by atoms with E-state index in [1.807, 2.05) is 93.6 Å². The minimum Gasteiger partial charge on any atom is -0.494 e. The summed E-state index contributed by atoms with van der Waals surface area (Å²) in [6.45, 7) is 49.7. The van der Waals surface area contributed by atoms with Crippen LogP contribution in [0, 0.1) is 5.82 Å². The molecule has 9 fully saturated rings. The van der Waals surface area contributed by atoms with Gasteiger partial charge in [0.2, 0.25) is 11.8 Å². The number of aromatic nitrogens is 3. The fraction of sp³-hybridized carbons (Fsp3) is 0.633. The lowest BCUT2D eigenvalue weighted by Crippen LogP contribution is -2.61. The lowest BCUT2D eigenvalue weighted by atomic mass is 9.91. The number of halogens is 1. The highest BCUT2D eigenvalue weighted by Crippen LogP contribution is 2.31. The number of pyridine rings is 1. The average Bonchev–Trinajstić information content (AvgIpc) is 1.08. The first-order valence-corrected chi connectivity index (χ1v) is 37.2. The molecular weight excluding hydrogens is 1250 g/mol. The summed E-state index contributed by atoms with van der Waals surface area (Å²) in [6.07, 6.45) is 17.3. The molecule has 0 unspecified atom stereocenters. The lowest BCUT2D eigenvalue weighted by molar-refractivity contribution is -0.125. The molecule has 0 radical (unpaired) electrons. The van der Waals surface area contributed by atoms with Crippen molar-refractivity contribution in [2.45, 2.75) is 193 Å². The van der Waals surface area contributed by atoms with Gasteiger partial charge in [0.1, 0.15) is 12.1 Å². The number of ether oxygens (including phenoxy) is 1. The second-order valence-corrected chi connectivity index (χ2v) is 32.6. The Hall–Kier alpha value is -6.40. The number of methoxy groups -OCH3 is 1. The molecule has 552 valence electrons. The van der Waals surface area contributed by atoms with E-state index >= 15 is 0 Å². The van der Waals surface area contributed by atoms with Crippen molar-refractivity contribution in [2.75, 3.05) is 156 Å². The first-order valence-electron chi connectivity index (χ1n) is 37.2. The standard InChI is InChI=1S/C13H17FN2O2.C12H16N2O.C12H24N2.C12H18N2.C11H17N3.C10H16N4.C9H18N2/c1-13(2)12(17)16(7-6-15-13)9-4-5-10(14)11(8-9)18-3;1-12(2)11(15)14(9-8-13-12)10-6-4-3-5-7-10;2*1-12(2)10-14(9-8-13-12)11-6-4-3-5-7-11;1-11(2)9-14(8-7-13-11)10-5-3-4-6-12-10;1-10(2)7-14(4-3-13-10)9-5-11-8-12-6-9;1-9(2)7-11(6-5-10-9)8-3-4-8/h4-5,8,15H,6-7H2,1-3H3;3-7,13H,8-9H2,1-2H3;11,13H,3-10H2,1-2H3;3-7,13H,8-10H2,1-2H3;3-6,13H,7-9H2,1-2H3;5-6,8,13H,3-4,7H2,1-2H3;8,10H,3-7H2,1-2H3. The Kier molecular flexibility index (Phi) is 28.7. The van der Waals surface area contributed by atoms with Gasteiger partial charge in [0.05, 0.1) is 36.3 Å². The van der Waals surface area contributed by atoms with E-state index in [4.69, 9.17) is 4.74 Å². The molecular formula is C79H126FN17O3. The summed E-state index contributed by atoms with van der Waals surface area (Å²) >= 11 is 0. The normalized spacial score (nSPS) is 23.0. The summed E-state index contributed by atoms with van der Waals surface area (Å²) < 4.78 is 18.3. The van der Waals surface area contributed by atoms with Crippen molar-refractivity contribution in [3.63, 3.8) is 0 Å². The maximum absolute atomic E-state index is 13.3. The number of nitrogens with one attached hydrogen (secondary N) is 7. The van der Waals surface area contributed by atoms with Crippen molar-refractivity contribution in [3.05, 3.63) is 128 Å². The van der Waals surface area contributed by atoms with Gasteiger partial charge in [-0.05, 0) is 171 Å². The first kappa shape index (κ1) is 79.3. The van der Waals surface area contributed by atoms with Crippen LogP contribution in [0.3, 0.4) is 0 Å². The van der Waals surface area contributed by atoms with Crippen LogP contribution in [-0.4, -0.2) is 219 Å². The van der Waals surface area contributed by atoms with E-state index in [1.54, 1.807) is 23.4 Å². The Balaban J connectivity index is 0.000000149. The van der Waals surface area contributed by atoms with Gasteiger partial charge in [0.25, 0.3) is 0 Å². The molecule has 2 aromatic heterocycles. The van der Waals surface area contributed by atoms with E-state index in [-0.39, 0.29) is 34.2 Å². The van der Waals surface area contributed by atoms with Crippen LogP contribution in [0.25, 0.3) is 0 Å². The van der Waals surface area contributed by atoms with Crippen LogP contribution < -0.4 is 66.5 Å². The third-order valence-corrected chi connectivity index (χ3v) is 20.0. The molecule has 5 aromatic rings. The average molecular weight is 1380 g/mol. The number of rotatable bonds is 8. The minimum absolute atomic E-state index is 0.0255. The SMILES string of the molecule is CC1(C)CN(C2CC2)CCN1.CC1(C)CN(C2CCCCC2)CCN1.CC1(C)CN(c2ccccc2)CCN1.CC1(C)CN(c2ccccn2)CCN1.CC1(C)CN(c2cncnc2)CCN1.CC1(C)NCCN(c2ccccc2)C1=O.COc1cc(N2CCNC(C)(C)C2=O)ccc1F. The number of piperazine rings is 7. The van der Waals surface area contributed by atoms with Gasteiger partial charge in [-0.15, -0.1) is 0 Å². The topological polar surface area (TPSA) is 189 Å². The fourth-order valence-electron chi connectivity index (χ4n) is 14.5. The van der Waals surface area contributed by atoms with Gasteiger partial charge in [-0.25, -0.2) is 19.3 Å². The number of hydrogen-bond acceptors (Lipinski definition) is 18. The summed E-state index contributed by atoms with van der Waals surface area (Å²) in [5.41, 5.74) is 4.32. The highest BCUT2D eigenvalue weighted by molar-refractivity contribution is 6.01. The van der Waals surface area contributed by atoms with Gasteiger partial charge in [-0.1, -0.05) is 61.7 Å². The highest BCUT2D eigenvalue weighted by Gasteiger charge is 2.39. The molecule has 7 saturated heterocycles. The van der Waals surface area contributed by atoms with Crippen molar-refractivity contribution in [3.8, 4) is 5.75 Å². The van der Waals surface area contributed by atoms with Crippen molar-refractivity contribution < 1.29 is 18.7 Å². The maximum Gasteiger partial charge on any atom is 0.246 e. The smallest absolute Gasteiger partial charge is 0.246 e. The highest BCUT2D eigenvalue weighted by atomic mass is 19.1. The molecule has 20 nitrogen and oxygen atoms in total. The Morgan fingerprint density at radius 2 is 0.830 bits per heavy atom. The summed E-state index contributed by atoms with van der Waals surface area (Å²) in [4.78, 5) is 52.7. The largest absolute Gasteiger partial charge is 0.494 e. The third-order valence-electron chi connectivity index (χ3n) is 20.0. The Labute approximate surface area is 600 Å². The van der Waals surface area contributed by atoms with Crippen LogP contribution in [0.2, 0.25) is 0 Å². The number of para-hydroxylation sites is 2. The van der Waals surface area contributed by atoms with Gasteiger partial charge >= 0.3 is 0 Å². The predicted molar refractivity (Wildman–Crippen MR) is 411 cm³/mol. The van der Waals surface area contributed by atoms with Crippen LogP contribution in [-0.2, 0) is 9.59 Å². The van der Waals surface area contributed by atoms with Gasteiger partial charge in [-0.2, -0.15) is 0 Å². The molecule has 0 atom stereocenters. The van der Waals surface area contributed by atoms with Gasteiger partial charge in [0, 0.05) is 193 Å². The van der Waals surface area contributed by atoms with Crippen LogP contribution in [0.1, 0.15) is 142 Å². The summed E-state index contributed by atoms with van der Waals surface area (Å²) in [5.74, 6) is 0.921. The number of hydrogen-bond donors (Lipinski definition) is 7. The zero-order valence-corrected chi connectivity index (χ0v) is 63.7. The quantitative estimate of drug-likeness (QED) is 0.0777. The molecule has 100 heavy (non-hydrogen) atoms. The predicted octanol–water partition coefficient (Wildman–Crippen LogP) is 9.60. The molecule has 21 heteroatoms. The molecule has 7 N–H and O–H groups in total. The van der Waals surface area contributed by atoms with Gasteiger partial charge in [0.15, 0.2) is 11.6 Å². The second kappa shape index (κ2) is 36.2. The molecule has 7 aliphatic heterocycles. The number of benzene rings is 3. The Morgan fingerprint density at radius 3 is 1.28 bits per heavy atom. The molecule has 0 bridgehead atoms. The van der Waals surface area contributed by atoms with E-state index in [0.29, 0.717) is 29.9 Å². The van der Waals surface area contributed by atoms with Crippen LogP contribution >= 0.6 is 0 Å². The zero-order valence-electron chi connectivity index (χ0n) is 63.7. The summed E-state index contributed by atoms with van der Waals surface area (Å²) in [6, 6.07) is 32.8. The number of anilines is 5. The lowest BCUT2D eigenvalue weighted by Gasteiger charge is -2.44. The Bertz CT molecular complexity index is 3090. The van der Waals surface area contributed by atoms with E-state index in [0.717, 1.165) is 101 Å². The molecule has 14 rings (SSSR count).